The quantitative estimate of drug-likeness (QED) is 0.272. The molecule has 1 aliphatic rings. The number of hydrogen-bond acceptors (Lipinski definition) is 8. The predicted octanol–water partition coefficient (Wildman–Crippen LogP) is 4.52. The average Bonchev–Trinajstić information content (AvgIpc) is 3.52. The summed E-state index contributed by atoms with van der Waals surface area (Å²) in [5.74, 6) is 0.492. The van der Waals surface area contributed by atoms with Crippen LogP contribution < -0.4 is 15.1 Å². The van der Waals surface area contributed by atoms with Crippen molar-refractivity contribution in [1.82, 2.24) is 25.2 Å². The number of amides is 1. The number of hydrazone groups is 1. The minimum absolute atomic E-state index is 0.00104. The van der Waals surface area contributed by atoms with Gasteiger partial charge in [0.05, 0.1) is 23.3 Å². The number of anilines is 1. The molecule has 1 fully saturated rings. The molecular formula is C25H20F3N7O2S. The molecular weight excluding hydrogens is 519 g/mol. The first-order chi connectivity index (χ1) is 18.3. The Bertz CT molecular complexity index is 1460. The van der Waals surface area contributed by atoms with Crippen molar-refractivity contribution in [2.75, 3.05) is 10.7 Å². The summed E-state index contributed by atoms with van der Waals surface area (Å²) in [4.78, 5) is 22.5. The summed E-state index contributed by atoms with van der Waals surface area (Å²) in [6.45, 7) is 1.90. The molecule has 9 nitrogen and oxygen atoms in total. The van der Waals surface area contributed by atoms with Crippen molar-refractivity contribution in [3.63, 3.8) is 0 Å². The summed E-state index contributed by atoms with van der Waals surface area (Å²) in [5.41, 5.74) is 6.51. The van der Waals surface area contributed by atoms with Gasteiger partial charge in [-0.1, -0.05) is 24.3 Å². The Kier molecular flexibility index (Phi) is 7.01. The first-order valence-corrected chi connectivity index (χ1v) is 12.3. The predicted molar refractivity (Wildman–Crippen MR) is 137 cm³/mol. The monoisotopic (exact) mass is 539 g/mol. The zero-order valence-electron chi connectivity index (χ0n) is 19.8. The number of carbonyl (C=O) groups excluding carboxylic acids is 1. The van der Waals surface area contributed by atoms with E-state index in [2.05, 4.69) is 30.3 Å². The second kappa shape index (κ2) is 10.5. The normalized spacial score (nSPS) is 15.8. The molecule has 1 unspecified atom stereocenters. The van der Waals surface area contributed by atoms with Crippen LogP contribution in [0.4, 0.5) is 18.9 Å². The second-order valence-electron chi connectivity index (χ2n) is 8.15. The van der Waals surface area contributed by atoms with Crippen LogP contribution in [0.25, 0.3) is 17.1 Å². The van der Waals surface area contributed by atoms with Gasteiger partial charge in [-0.2, -0.15) is 5.10 Å². The number of aromatic nitrogens is 4. The highest BCUT2D eigenvalue weighted by Gasteiger charge is 2.33. The molecule has 1 amide bonds. The molecule has 3 heterocycles. The summed E-state index contributed by atoms with van der Waals surface area (Å²) >= 11 is 1.46. The Hall–Kier alpha value is -4.39. The van der Waals surface area contributed by atoms with Crippen LogP contribution in [0, 0.1) is 6.92 Å². The van der Waals surface area contributed by atoms with Gasteiger partial charge in [0.2, 0.25) is 5.91 Å². The summed E-state index contributed by atoms with van der Waals surface area (Å²) in [6.07, 6.45) is 1.76. The number of carbonyl (C=O) groups is 1. The number of nitrogens with zero attached hydrogens (tertiary/aromatic N) is 6. The maximum absolute atomic E-state index is 12.4. The minimum Gasteiger partial charge on any atom is -0.406 e. The van der Waals surface area contributed by atoms with Gasteiger partial charge < -0.3 is 4.74 Å². The number of benzene rings is 2. The third kappa shape index (κ3) is 5.78. The van der Waals surface area contributed by atoms with Crippen molar-refractivity contribution < 1.29 is 22.7 Å². The number of hydrogen-bond donors (Lipinski definition) is 1. The third-order valence-corrected chi connectivity index (χ3v) is 6.56. The Morgan fingerprint density at radius 1 is 1.13 bits per heavy atom. The highest BCUT2D eigenvalue weighted by atomic mass is 32.2. The molecule has 1 N–H and O–H groups in total. The SMILES string of the molecule is Cc1cnccc1N1C(=O)CSC1N/N=C/c1ccc(-c2ncn(-c3ccc(OC(F)(F)F)cc3)n2)cc1. The van der Waals surface area contributed by atoms with E-state index in [1.54, 1.807) is 23.5 Å². The largest absolute Gasteiger partial charge is 0.573 e. The molecule has 194 valence electrons. The van der Waals surface area contributed by atoms with E-state index in [9.17, 15) is 18.0 Å². The lowest BCUT2D eigenvalue weighted by Crippen LogP contribution is -2.40. The number of ether oxygens (including phenoxy) is 1. The van der Waals surface area contributed by atoms with E-state index in [-0.39, 0.29) is 17.2 Å². The van der Waals surface area contributed by atoms with Crippen molar-refractivity contribution in [2.45, 2.75) is 18.8 Å². The molecule has 1 aliphatic heterocycles. The van der Waals surface area contributed by atoms with Crippen molar-refractivity contribution in [2.24, 2.45) is 5.10 Å². The minimum atomic E-state index is -4.75. The zero-order chi connectivity index (χ0) is 26.7. The van der Waals surface area contributed by atoms with E-state index in [1.165, 1.54) is 47.0 Å². The van der Waals surface area contributed by atoms with Crippen LogP contribution in [0.15, 0.2) is 78.4 Å². The van der Waals surface area contributed by atoms with Crippen LogP contribution in [-0.2, 0) is 4.79 Å². The molecule has 0 aliphatic carbocycles. The van der Waals surface area contributed by atoms with Crippen LogP contribution in [0.5, 0.6) is 5.75 Å². The Morgan fingerprint density at radius 3 is 2.61 bits per heavy atom. The smallest absolute Gasteiger partial charge is 0.406 e. The lowest BCUT2D eigenvalue weighted by molar-refractivity contribution is -0.274. The van der Waals surface area contributed by atoms with Crippen molar-refractivity contribution in [3.05, 3.63) is 84.4 Å². The molecule has 1 atom stereocenters. The van der Waals surface area contributed by atoms with E-state index in [0.717, 1.165) is 22.4 Å². The molecule has 5 rings (SSSR count). The fraction of sp³-hybridized carbons (Fsp3) is 0.160. The third-order valence-electron chi connectivity index (χ3n) is 5.51. The van der Waals surface area contributed by atoms with Gasteiger partial charge in [0.1, 0.15) is 12.1 Å². The lowest BCUT2D eigenvalue weighted by atomic mass is 10.1. The summed E-state index contributed by atoms with van der Waals surface area (Å²) in [6, 6.07) is 14.5. The van der Waals surface area contributed by atoms with Crippen molar-refractivity contribution in [1.29, 1.82) is 0 Å². The highest BCUT2D eigenvalue weighted by Crippen LogP contribution is 2.31. The summed E-state index contributed by atoms with van der Waals surface area (Å²) in [5, 5.41) is 8.72. The van der Waals surface area contributed by atoms with Crippen LogP contribution in [-0.4, -0.2) is 49.5 Å². The molecule has 1 saturated heterocycles. The second-order valence-corrected chi connectivity index (χ2v) is 9.22. The van der Waals surface area contributed by atoms with Crippen molar-refractivity contribution in [3.8, 4) is 22.8 Å². The van der Waals surface area contributed by atoms with Gasteiger partial charge in [-0.3, -0.25) is 20.1 Å². The molecule has 38 heavy (non-hydrogen) atoms. The lowest BCUT2D eigenvalue weighted by Gasteiger charge is -2.24. The van der Waals surface area contributed by atoms with Gasteiger partial charge in [-0.15, -0.1) is 30.0 Å². The number of nitrogens with one attached hydrogen (secondary N) is 1. The van der Waals surface area contributed by atoms with E-state index >= 15 is 0 Å². The highest BCUT2D eigenvalue weighted by molar-refractivity contribution is 8.01. The summed E-state index contributed by atoms with van der Waals surface area (Å²) < 4.78 is 42.4. The fourth-order valence-electron chi connectivity index (χ4n) is 3.73. The van der Waals surface area contributed by atoms with Crippen LogP contribution in [0.1, 0.15) is 11.1 Å². The van der Waals surface area contributed by atoms with Gasteiger partial charge >= 0.3 is 6.36 Å². The molecule has 4 aromatic rings. The molecule has 0 radical (unpaired) electrons. The van der Waals surface area contributed by atoms with E-state index in [0.29, 0.717) is 17.3 Å². The topological polar surface area (TPSA) is 97.5 Å². The van der Waals surface area contributed by atoms with E-state index < -0.39 is 6.36 Å². The summed E-state index contributed by atoms with van der Waals surface area (Å²) in [7, 11) is 0. The number of alkyl halides is 3. The Labute approximate surface area is 219 Å². The van der Waals surface area contributed by atoms with Gasteiger partial charge in [-0.05, 0) is 48.4 Å². The molecule has 13 heteroatoms. The molecule has 0 spiro atoms. The van der Waals surface area contributed by atoms with Crippen LogP contribution >= 0.6 is 11.8 Å². The average molecular weight is 540 g/mol. The zero-order valence-corrected chi connectivity index (χ0v) is 20.6. The van der Waals surface area contributed by atoms with Gasteiger partial charge in [0, 0.05) is 18.0 Å². The van der Waals surface area contributed by atoms with Gasteiger partial charge in [0.25, 0.3) is 0 Å². The Morgan fingerprint density at radius 2 is 1.89 bits per heavy atom. The maximum atomic E-state index is 12.4. The fourth-order valence-corrected chi connectivity index (χ4v) is 4.69. The van der Waals surface area contributed by atoms with E-state index in [1.807, 2.05) is 37.3 Å². The molecule has 0 bridgehead atoms. The van der Waals surface area contributed by atoms with Gasteiger partial charge in [0.15, 0.2) is 11.3 Å². The first kappa shape index (κ1) is 25.3. The van der Waals surface area contributed by atoms with Crippen LogP contribution in [0.3, 0.4) is 0 Å². The molecule has 2 aromatic heterocycles. The standard InChI is InChI=1S/C25H20F3N7O2S/c1-16-12-29-11-10-21(16)35-22(36)14-38-24(35)32-31-13-17-2-4-18(5-3-17)23-30-15-34(33-23)19-6-8-20(9-7-19)37-25(26,27)28/h2-13,15,24,32H,14H2,1H3/b31-13+. The number of pyridine rings is 1. The number of thioether (sulfide) groups is 1. The first-order valence-electron chi connectivity index (χ1n) is 11.3. The van der Waals surface area contributed by atoms with Crippen LogP contribution in [0.2, 0.25) is 0 Å². The number of rotatable bonds is 7. The molecule has 2 aromatic carbocycles. The number of halogens is 3. The number of aryl methyl sites for hydroxylation is 1. The van der Waals surface area contributed by atoms with E-state index in [4.69, 9.17) is 0 Å². The maximum Gasteiger partial charge on any atom is 0.573 e. The van der Waals surface area contributed by atoms with Gasteiger partial charge in [-0.25, -0.2) is 9.67 Å². The van der Waals surface area contributed by atoms with Crippen molar-refractivity contribution >= 4 is 29.6 Å². The Balaban J connectivity index is 1.22. The molecule has 0 saturated carbocycles.